The summed E-state index contributed by atoms with van der Waals surface area (Å²) in [5.41, 5.74) is 11.3. The zero-order valence-electron chi connectivity index (χ0n) is 17.8. The summed E-state index contributed by atoms with van der Waals surface area (Å²) < 4.78 is 0. The van der Waals surface area contributed by atoms with Gasteiger partial charge < -0.3 is 4.90 Å². The van der Waals surface area contributed by atoms with E-state index in [1.165, 1.54) is 44.7 Å². The Balaban J connectivity index is 1.59. The molecule has 3 aliphatic rings. The van der Waals surface area contributed by atoms with Gasteiger partial charge in [-0.25, -0.2) is 0 Å². The quantitative estimate of drug-likeness (QED) is 0.403. The Morgan fingerprint density at radius 1 is 0.645 bits per heavy atom. The molecule has 146 valence electrons. The highest BCUT2D eigenvalue weighted by molar-refractivity contribution is 7.17. The summed E-state index contributed by atoms with van der Waals surface area (Å²) in [7, 11) is -1.77. The Kier molecular flexibility index (Phi) is 3.31. The molecule has 0 unspecified atom stereocenters. The average Bonchev–Trinajstić information content (AvgIpc) is 3.28. The minimum Gasteiger partial charge on any atom is -0.312 e. The van der Waals surface area contributed by atoms with Gasteiger partial charge in [0, 0.05) is 17.1 Å². The van der Waals surface area contributed by atoms with Gasteiger partial charge in [0.05, 0.1) is 0 Å². The zero-order chi connectivity index (χ0) is 20.7. The summed E-state index contributed by atoms with van der Waals surface area (Å²) in [5, 5.41) is 3.30. The van der Waals surface area contributed by atoms with Gasteiger partial charge in [0.1, 0.15) is 8.07 Å². The van der Waals surface area contributed by atoms with E-state index >= 15 is 0 Å². The summed E-state index contributed by atoms with van der Waals surface area (Å²) in [5.74, 6) is 0. The van der Waals surface area contributed by atoms with Gasteiger partial charge >= 0.3 is 0 Å². The first-order valence-electron chi connectivity index (χ1n) is 11.1. The third kappa shape index (κ3) is 2.07. The molecule has 1 nitrogen and oxygen atoms in total. The smallest absolute Gasteiger partial charge is 0.240 e. The molecule has 0 fully saturated rings. The predicted octanol–water partition coefficient (Wildman–Crippen LogP) is 4.90. The molecule has 3 heterocycles. The van der Waals surface area contributed by atoms with E-state index in [4.69, 9.17) is 0 Å². The molecular formula is C28H22BNSi. The monoisotopic (exact) mass is 411 g/mol. The third-order valence-electron chi connectivity index (χ3n) is 7.49. The topological polar surface area (TPSA) is 3.24 Å². The van der Waals surface area contributed by atoms with E-state index < -0.39 is 8.07 Å². The van der Waals surface area contributed by atoms with E-state index in [0.29, 0.717) is 6.71 Å². The lowest BCUT2D eigenvalue weighted by Crippen LogP contribution is -2.57. The van der Waals surface area contributed by atoms with Crippen molar-refractivity contribution in [3.05, 3.63) is 113 Å². The molecule has 0 radical (unpaired) electrons. The first-order chi connectivity index (χ1) is 15.2. The summed E-state index contributed by atoms with van der Waals surface area (Å²) >= 11 is 0. The molecule has 0 saturated carbocycles. The van der Waals surface area contributed by atoms with Crippen LogP contribution in [-0.4, -0.2) is 14.8 Å². The van der Waals surface area contributed by atoms with E-state index in [-0.39, 0.29) is 0 Å². The van der Waals surface area contributed by atoms with Crippen molar-refractivity contribution in [1.29, 1.82) is 0 Å². The maximum absolute atomic E-state index is 2.55. The minimum atomic E-state index is -1.77. The lowest BCUT2D eigenvalue weighted by Gasteiger charge is -2.38. The normalized spacial score (nSPS) is 16.7. The van der Waals surface area contributed by atoms with Crippen LogP contribution in [0.2, 0.25) is 13.1 Å². The predicted molar refractivity (Wildman–Crippen MR) is 136 cm³/mol. The first kappa shape index (κ1) is 17.4. The lowest BCUT2D eigenvalue weighted by atomic mass is 9.40. The molecule has 0 spiro atoms. The van der Waals surface area contributed by atoms with E-state index in [1.54, 1.807) is 10.3 Å². The minimum absolute atomic E-state index is 0.367. The molecule has 0 bridgehead atoms. The van der Waals surface area contributed by atoms with Crippen LogP contribution in [-0.2, 0) is 0 Å². The Hall–Kier alpha value is -3.30. The fraction of sp³-hybridized carbons (Fsp3) is 0.0714. The standard InChI is InChI=1S/C28H22BNSi/c1-31(2)25-18-9-6-13-20(25)26-21-14-10-17-24-27(21)29(28(26)31)22-15-7-8-16-23(22)30(24)19-11-4-3-5-12-19/h3-18H,1-2H3. The Labute approximate surface area is 184 Å². The van der Waals surface area contributed by atoms with E-state index in [1.807, 2.05) is 0 Å². The number of hydrogen-bond acceptors (Lipinski definition) is 1. The summed E-state index contributed by atoms with van der Waals surface area (Å²) in [4.78, 5) is 2.47. The van der Waals surface area contributed by atoms with Crippen LogP contribution in [0.1, 0.15) is 11.1 Å². The summed E-state index contributed by atoms with van der Waals surface area (Å²) in [6.45, 7) is 5.46. The Morgan fingerprint density at radius 2 is 1.32 bits per heavy atom. The van der Waals surface area contributed by atoms with Crippen LogP contribution < -0.4 is 21.0 Å². The number of benzene rings is 4. The van der Waals surface area contributed by atoms with Crippen LogP contribution in [0.15, 0.2) is 102 Å². The molecule has 0 aromatic heterocycles. The van der Waals surface area contributed by atoms with Gasteiger partial charge in [0.2, 0.25) is 6.71 Å². The molecule has 0 atom stereocenters. The van der Waals surface area contributed by atoms with Gasteiger partial charge in [0.25, 0.3) is 0 Å². The fourth-order valence-electron chi connectivity index (χ4n) is 6.29. The van der Waals surface area contributed by atoms with Gasteiger partial charge in [-0.2, -0.15) is 0 Å². The first-order valence-corrected chi connectivity index (χ1v) is 14.1. The molecule has 0 aliphatic carbocycles. The Morgan fingerprint density at radius 3 is 2.19 bits per heavy atom. The molecule has 3 aliphatic heterocycles. The van der Waals surface area contributed by atoms with Crippen LogP contribution in [0.4, 0.5) is 17.1 Å². The molecule has 7 rings (SSSR count). The van der Waals surface area contributed by atoms with Crippen LogP contribution in [0.3, 0.4) is 0 Å². The number of hydrogen-bond donors (Lipinski definition) is 0. The van der Waals surface area contributed by atoms with Crippen molar-refractivity contribution < 1.29 is 0 Å². The van der Waals surface area contributed by atoms with Crippen LogP contribution >= 0.6 is 0 Å². The van der Waals surface area contributed by atoms with Crippen LogP contribution in [0.25, 0.3) is 5.57 Å². The number of rotatable bonds is 1. The van der Waals surface area contributed by atoms with Crippen molar-refractivity contribution in [2.24, 2.45) is 0 Å². The number of fused-ring (bicyclic) bond motifs is 6. The van der Waals surface area contributed by atoms with Gasteiger partial charge in [-0.3, -0.25) is 0 Å². The van der Waals surface area contributed by atoms with Crippen LogP contribution in [0.5, 0.6) is 0 Å². The molecule has 4 aromatic carbocycles. The summed E-state index contributed by atoms with van der Waals surface area (Å²) in [6, 6.07) is 36.0. The number of nitrogens with zero attached hydrogens (tertiary/aromatic N) is 1. The van der Waals surface area contributed by atoms with Gasteiger partial charge in [-0.15, -0.1) is 0 Å². The molecule has 0 amide bonds. The second-order valence-corrected chi connectivity index (χ2v) is 13.7. The van der Waals surface area contributed by atoms with Crippen LogP contribution in [0, 0.1) is 0 Å². The molecule has 3 heteroatoms. The van der Waals surface area contributed by atoms with Gasteiger partial charge in [-0.05, 0) is 57.1 Å². The summed E-state index contributed by atoms with van der Waals surface area (Å²) in [6.07, 6.45) is 0. The fourth-order valence-corrected chi connectivity index (χ4v) is 9.89. The zero-order valence-corrected chi connectivity index (χ0v) is 18.8. The second kappa shape index (κ2) is 5.89. The second-order valence-electron chi connectivity index (χ2n) is 9.36. The molecular weight excluding hydrogens is 389 g/mol. The van der Waals surface area contributed by atoms with E-state index in [9.17, 15) is 0 Å². The van der Waals surface area contributed by atoms with Gasteiger partial charge in [0.15, 0.2) is 0 Å². The number of anilines is 3. The lowest BCUT2D eigenvalue weighted by molar-refractivity contribution is 1.29. The SMILES string of the molecule is C[Si]1(C)C2=C(c3ccccc31)c1cccc3c1B2c1ccccc1N3c1ccccc1. The Bertz CT molecular complexity index is 1420. The molecule has 0 N–H and O–H groups in total. The largest absolute Gasteiger partial charge is 0.312 e. The molecule has 4 aromatic rings. The number of para-hydroxylation sites is 2. The highest BCUT2D eigenvalue weighted by atomic mass is 28.3. The van der Waals surface area contributed by atoms with Crippen molar-refractivity contribution in [3.8, 4) is 0 Å². The molecule has 31 heavy (non-hydrogen) atoms. The van der Waals surface area contributed by atoms with Crippen molar-refractivity contribution in [3.63, 3.8) is 0 Å². The molecule has 0 saturated heterocycles. The van der Waals surface area contributed by atoms with Crippen molar-refractivity contribution in [2.45, 2.75) is 13.1 Å². The van der Waals surface area contributed by atoms with Crippen molar-refractivity contribution >= 4 is 53.5 Å². The van der Waals surface area contributed by atoms with Gasteiger partial charge in [-0.1, -0.05) is 91.0 Å². The highest BCUT2D eigenvalue weighted by Gasteiger charge is 2.53. The average molecular weight is 411 g/mol. The van der Waals surface area contributed by atoms with E-state index in [0.717, 1.165) is 0 Å². The van der Waals surface area contributed by atoms with Crippen molar-refractivity contribution in [1.82, 2.24) is 0 Å². The van der Waals surface area contributed by atoms with E-state index in [2.05, 4.69) is 115 Å². The maximum atomic E-state index is 2.55. The maximum Gasteiger partial charge on any atom is 0.240 e. The highest BCUT2D eigenvalue weighted by Crippen LogP contribution is 2.48. The third-order valence-corrected chi connectivity index (χ3v) is 11.2. The van der Waals surface area contributed by atoms with Crippen molar-refractivity contribution in [2.75, 3.05) is 4.90 Å².